The molecule has 0 saturated carbocycles. The van der Waals surface area contributed by atoms with E-state index in [1.165, 1.54) is 18.3 Å². The van der Waals surface area contributed by atoms with Crippen LogP contribution in [-0.4, -0.2) is 22.4 Å². The van der Waals surface area contributed by atoms with Crippen LogP contribution in [0.2, 0.25) is 5.02 Å². The monoisotopic (exact) mass is 373 g/mol. The summed E-state index contributed by atoms with van der Waals surface area (Å²) in [7, 11) is 0. The van der Waals surface area contributed by atoms with E-state index in [1.807, 2.05) is 0 Å². The second-order valence-electron chi connectivity index (χ2n) is 5.67. The zero-order chi connectivity index (χ0) is 17.6. The minimum Gasteiger partial charge on any atom is -0.466 e. The molecule has 1 aliphatic heterocycles. The first kappa shape index (κ1) is 15.9. The third kappa shape index (κ3) is 2.71. The highest BCUT2D eigenvalue weighted by Gasteiger charge is 2.47. The highest BCUT2D eigenvalue weighted by Crippen LogP contribution is 2.34. The quantitative estimate of drug-likeness (QED) is 0.671. The van der Waals surface area contributed by atoms with E-state index in [1.54, 1.807) is 42.5 Å². The largest absolute Gasteiger partial charge is 0.466 e. The first-order chi connectivity index (χ1) is 12.0. The molecule has 3 aromatic rings. The Morgan fingerprint density at radius 3 is 2.96 bits per heavy atom. The molecule has 0 aliphatic carbocycles. The predicted molar refractivity (Wildman–Crippen MR) is 97.4 cm³/mol. The fourth-order valence-electron chi connectivity index (χ4n) is 2.48. The smallest absolute Gasteiger partial charge is 0.280 e. The molecule has 25 heavy (non-hydrogen) atoms. The van der Waals surface area contributed by atoms with Crippen molar-refractivity contribution in [3.63, 3.8) is 0 Å². The molecular weight excluding hydrogens is 362 g/mol. The van der Waals surface area contributed by atoms with Gasteiger partial charge in [0.2, 0.25) is 0 Å². The molecule has 2 aromatic carbocycles. The van der Waals surface area contributed by atoms with Crippen molar-refractivity contribution >= 4 is 55.8 Å². The average Bonchev–Trinajstić information content (AvgIpc) is 2.97. The highest BCUT2D eigenvalue weighted by atomic mass is 35.5. The number of thiazole rings is 1. The van der Waals surface area contributed by atoms with Gasteiger partial charge in [-0.3, -0.25) is 14.9 Å². The van der Waals surface area contributed by atoms with Crippen molar-refractivity contribution < 1.29 is 14.3 Å². The number of para-hydroxylation sites is 2. The van der Waals surface area contributed by atoms with Gasteiger partial charge in [-0.25, -0.2) is 4.98 Å². The number of halogens is 1. The van der Waals surface area contributed by atoms with Crippen LogP contribution in [0.3, 0.4) is 0 Å². The van der Waals surface area contributed by atoms with Crippen LogP contribution in [0.25, 0.3) is 10.2 Å². The van der Waals surface area contributed by atoms with Crippen molar-refractivity contribution in [2.45, 2.75) is 12.5 Å². The van der Waals surface area contributed by atoms with Gasteiger partial charge in [-0.2, -0.15) is 0 Å². The first-order valence-electron chi connectivity index (χ1n) is 7.43. The van der Waals surface area contributed by atoms with Crippen molar-refractivity contribution in [1.29, 1.82) is 0 Å². The van der Waals surface area contributed by atoms with Crippen LogP contribution in [0.5, 0.6) is 5.75 Å². The molecule has 0 bridgehead atoms. The molecule has 0 saturated heterocycles. The molecule has 1 aromatic heterocycles. The van der Waals surface area contributed by atoms with E-state index in [0.717, 1.165) is 4.70 Å². The summed E-state index contributed by atoms with van der Waals surface area (Å²) in [4.78, 5) is 29.4. The predicted octanol–water partition coefficient (Wildman–Crippen LogP) is 3.68. The normalized spacial score (nSPS) is 19.0. The first-order valence-corrected chi connectivity index (χ1v) is 8.62. The van der Waals surface area contributed by atoms with E-state index < -0.39 is 17.4 Å². The number of benzene rings is 2. The number of hydrogen-bond donors (Lipinski definition) is 2. The molecule has 1 aliphatic rings. The summed E-state index contributed by atoms with van der Waals surface area (Å²) < 4.78 is 6.53. The lowest BCUT2D eigenvalue weighted by Gasteiger charge is -2.32. The van der Waals surface area contributed by atoms with Crippen molar-refractivity contribution in [1.82, 2.24) is 4.98 Å². The minimum absolute atomic E-state index is 0.374. The van der Waals surface area contributed by atoms with Gasteiger partial charge in [-0.1, -0.05) is 35.1 Å². The maximum atomic E-state index is 12.7. The number of anilines is 2. The lowest BCUT2D eigenvalue weighted by molar-refractivity contribution is -0.143. The zero-order valence-corrected chi connectivity index (χ0v) is 14.6. The molecule has 0 fully saturated rings. The minimum atomic E-state index is -1.69. The van der Waals surface area contributed by atoms with E-state index in [0.29, 0.717) is 27.1 Å². The maximum absolute atomic E-state index is 12.7. The van der Waals surface area contributed by atoms with Gasteiger partial charge in [-0.05, 0) is 37.3 Å². The third-order valence-corrected chi connectivity index (χ3v) is 5.06. The number of ether oxygens (including phenoxy) is 1. The summed E-state index contributed by atoms with van der Waals surface area (Å²) >= 11 is 7.24. The summed E-state index contributed by atoms with van der Waals surface area (Å²) in [5, 5.41) is 6.32. The molecule has 2 amide bonds. The number of amides is 2. The number of carbonyl (C=O) groups is 2. The standard InChI is InChI=1S/C17H12ClN3O3S/c1-17(14(22)19-10-4-2-3-5-12(10)24-17)15(23)21-16-20-11-7-6-9(18)8-13(11)25-16/h2-8H,1H3,(H,19,22)(H,20,21,23)/t17-/m1/s1. The molecule has 8 heteroatoms. The number of aromatic nitrogens is 1. The summed E-state index contributed by atoms with van der Waals surface area (Å²) in [6.07, 6.45) is 0. The zero-order valence-electron chi connectivity index (χ0n) is 13.0. The summed E-state index contributed by atoms with van der Waals surface area (Å²) in [6, 6.07) is 12.2. The summed E-state index contributed by atoms with van der Waals surface area (Å²) in [6.45, 7) is 1.43. The Labute approximate surface area is 151 Å². The Bertz CT molecular complexity index is 1020. The average molecular weight is 374 g/mol. The molecule has 4 rings (SSSR count). The van der Waals surface area contributed by atoms with Gasteiger partial charge in [0.15, 0.2) is 5.13 Å². The second kappa shape index (κ2) is 5.72. The summed E-state index contributed by atoms with van der Waals surface area (Å²) in [5.41, 5.74) is -0.439. The number of carbonyl (C=O) groups excluding carboxylic acids is 2. The van der Waals surface area contributed by atoms with Gasteiger partial charge in [0.05, 0.1) is 15.9 Å². The van der Waals surface area contributed by atoms with Gasteiger partial charge < -0.3 is 10.1 Å². The van der Waals surface area contributed by atoms with Crippen LogP contribution in [0.4, 0.5) is 10.8 Å². The van der Waals surface area contributed by atoms with E-state index in [9.17, 15) is 9.59 Å². The van der Waals surface area contributed by atoms with E-state index in [2.05, 4.69) is 15.6 Å². The van der Waals surface area contributed by atoms with Crippen LogP contribution >= 0.6 is 22.9 Å². The fraction of sp³-hybridized carbons (Fsp3) is 0.118. The lowest BCUT2D eigenvalue weighted by Crippen LogP contribution is -2.56. The van der Waals surface area contributed by atoms with Gasteiger partial charge in [0, 0.05) is 5.02 Å². The summed E-state index contributed by atoms with van der Waals surface area (Å²) in [5.74, 6) is -0.687. The van der Waals surface area contributed by atoms with E-state index >= 15 is 0 Å². The fourth-order valence-corrected chi connectivity index (χ4v) is 3.62. The highest BCUT2D eigenvalue weighted by molar-refractivity contribution is 7.22. The van der Waals surface area contributed by atoms with Crippen molar-refractivity contribution in [3.05, 3.63) is 47.5 Å². The maximum Gasteiger partial charge on any atom is 0.280 e. The van der Waals surface area contributed by atoms with Crippen molar-refractivity contribution in [3.8, 4) is 5.75 Å². The molecule has 1 atom stereocenters. The number of nitrogens with one attached hydrogen (secondary N) is 2. The van der Waals surface area contributed by atoms with Crippen molar-refractivity contribution in [2.24, 2.45) is 0 Å². The number of rotatable bonds is 2. The molecule has 2 heterocycles. The second-order valence-corrected chi connectivity index (χ2v) is 7.14. The van der Waals surface area contributed by atoms with E-state index in [-0.39, 0.29) is 0 Å². The Balaban J connectivity index is 1.62. The van der Waals surface area contributed by atoms with Crippen LogP contribution < -0.4 is 15.4 Å². The Morgan fingerprint density at radius 2 is 2.12 bits per heavy atom. The van der Waals surface area contributed by atoms with Crippen LogP contribution in [0.1, 0.15) is 6.92 Å². The van der Waals surface area contributed by atoms with Crippen LogP contribution in [-0.2, 0) is 9.59 Å². The van der Waals surface area contributed by atoms with Crippen LogP contribution in [0, 0.1) is 0 Å². The Hall–Kier alpha value is -2.64. The topological polar surface area (TPSA) is 80.3 Å². The van der Waals surface area contributed by atoms with E-state index in [4.69, 9.17) is 16.3 Å². The van der Waals surface area contributed by atoms with Crippen LogP contribution in [0.15, 0.2) is 42.5 Å². The number of hydrogen-bond acceptors (Lipinski definition) is 5. The molecule has 0 radical (unpaired) electrons. The Morgan fingerprint density at radius 1 is 1.32 bits per heavy atom. The molecule has 0 unspecified atom stereocenters. The molecule has 126 valence electrons. The molecule has 6 nitrogen and oxygen atoms in total. The Kier molecular flexibility index (Phi) is 3.63. The van der Waals surface area contributed by atoms with Crippen molar-refractivity contribution in [2.75, 3.05) is 10.6 Å². The molecule has 0 spiro atoms. The van der Waals surface area contributed by atoms with Gasteiger partial charge in [0.25, 0.3) is 17.4 Å². The SMILES string of the molecule is C[C@@]1(C(=O)Nc2nc3ccc(Cl)cc3s2)Oc2ccccc2NC1=O. The lowest BCUT2D eigenvalue weighted by atomic mass is 10.0. The number of fused-ring (bicyclic) bond motifs is 2. The molecule has 2 N–H and O–H groups in total. The number of nitrogens with zero attached hydrogens (tertiary/aromatic N) is 1. The molecular formula is C17H12ClN3O3S. The van der Waals surface area contributed by atoms with Gasteiger partial charge in [-0.15, -0.1) is 0 Å². The van der Waals surface area contributed by atoms with Gasteiger partial charge in [0.1, 0.15) is 5.75 Å². The third-order valence-electron chi connectivity index (χ3n) is 3.89. The van der Waals surface area contributed by atoms with Gasteiger partial charge >= 0.3 is 0 Å².